The smallest absolute Gasteiger partial charge is 0.356 e. The van der Waals surface area contributed by atoms with Crippen molar-refractivity contribution in [1.29, 1.82) is 0 Å². The van der Waals surface area contributed by atoms with E-state index in [0.717, 1.165) is 11.8 Å². The molecule has 0 spiro atoms. The zero-order chi connectivity index (χ0) is 50.0. The van der Waals surface area contributed by atoms with Crippen LogP contribution in [0.2, 0.25) is 5.02 Å². The largest absolute Gasteiger partial charge is 0.478 e. The molecule has 69 heavy (non-hydrogen) atoms. The maximum absolute atomic E-state index is 13.6. The van der Waals surface area contributed by atoms with Crippen molar-refractivity contribution in [3.05, 3.63) is 103 Å². The van der Waals surface area contributed by atoms with Crippen LogP contribution in [0.5, 0.6) is 5.75 Å². The Morgan fingerprint density at radius 3 is 2.28 bits per heavy atom. The summed E-state index contributed by atoms with van der Waals surface area (Å²) in [5, 5.41) is 11.2. The second-order valence-corrected chi connectivity index (χ2v) is 19.4. The number of nitrogens with zero attached hydrogens (tertiary/aromatic N) is 8. The molecular weight excluding hydrogens is 964 g/mol. The summed E-state index contributed by atoms with van der Waals surface area (Å²) in [5.41, 5.74) is 14.7. The molecule has 1 aliphatic heterocycles. The Balaban J connectivity index is 0.000000224. The molecule has 1 saturated heterocycles. The quantitative estimate of drug-likeness (QED) is 0.0167. The number of aromatic nitrogens is 8. The van der Waals surface area contributed by atoms with E-state index in [0.29, 0.717) is 76.9 Å². The number of nitrogens with one attached hydrogen (secondary N) is 1. The van der Waals surface area contributed by atoms with Gasteiger partial charge in [0.25, 0.3) is 6.47 Å². The van der Waals surface area contributed by atoms with Crippen molar-refractivity contribution in [1.82, 2.24) is 44.1 Å². The second-order valence-electron chi connectivity index (χ2n) is 15.0. The SMILES string of the molecule is CC(C)OC(=O)[C@H](C)N[P@](=O)(CO[C@H](C)Cn1cnc2c(N)ncnc21)Oc1ccccc1.Nc1ncnc2c1ncn2CCOCP1(=O)OCC[C@@H](c2cccc(Cl)c2)O1.O=CO/C=C/C(=O)O. The van der Waals surface area contributed by atoms with Crippen LogP contribution in [0.3, 0.4) is 0 Å². The van der Waals surface area contributed by atoms with Crippen molar-refractivity contribution in [3.8, 4) is 5.75 Å². The van der Waals surface area contributed by atoms with Gasteiger partial charge in [0, 0.05) is 18.0 Å². The van der Waals surface area contributed by atoms with Crippen LogP contribution in [0, 0.1) is 0 Å². The minimum absolute atomic E-state index is 0.131. The predicted molar refractivity (Wildman–Crippen MR) is 252 cm³/mol. The molecule has 6 N–H and O–H groups in total. The number of hydrogen-bond acceptors (Lipinski definition) is 20. The Hall–Kier alpha value is -6.36. The molecule has 370 valence electrons. The number of para-hydroxylation sites is 1. The van der Waals surface area contributed by atoms with E-state index < -0.39 is 33.1 Å². The van der Waals surface area contributed by atoms with Crippen molar-refractivity contribution in [2.24, 2.45) is 0 Å². The zero-order valence-electron chi connectivity index (χ0n) is 37.8. The molecule has 1 fully saturated rings. The number of ether oxygens (including phenoxy) is 4. The average molecular weight is 1020 g/mol. The Labute approximate surface area is 400 Å². The highest BCUT2D eigenvalue weighted by Gasteiger charge is 2.35. The number of rotatable bonds is 20. The van der Waals surface area contributed by atoms with Crippen molar-refractivity contribution < 1.29 is 61.1 Å². The van der Waals surface area contributed by atoms with E-state index in [1.165, 1.54) is 12.7 Å². The van der Waals surface area contributed by atoms with Crippen LogP contribution in [0.1, 0.15) is 45.8 Å². The molecule has 0 amide bonds. The second kappa shape index (κ2) is 25.8. The Morgan fingerprint density at radius 1 is 0.971 bits per heavy atom. The molecule has 1 aliphatic rings. The number of imidazole rings is 2. The summed E-state index contributed by atoms with van der Waals surface area (Å²) in [5.74, 6) is -0.671. The molecule has 27 heteroatoms. The van der Waals surface area contributed by atoms with Crippen molar-refractivity contribution in [3.63, 3.8) is 0 Å². The number of fused-ring (bicyclic) bond motifs is 2. The molecule has 0 saturated carbocycles. The number of carboxylic acids is 1. The van der Waals surface area contributed by atoms with Crippen LogP contribution in [0.15, 0.2) is 92.2 Å². The number of halogens is 1. The van der Waals surface area contributed by atoms with Gasteiger partial charge in [-0.3, -0.25) is 23.2 Å². The summed E-state index contributed by atoms with van der Waals surface area (Å²) in [4.78, 5) is 55.8. The highest BCUT2D eigenvalue weighted by molar-refractivity contribution is 7.57. The van der Waals surface area contributed by atoms with Crippen LogP contribution in [0.25, 0.3) is 22.3 Å². The number of esters is 1. The number of nitrogen functional groups attached to an aromatic ring is 2. The van der Waals surface area contributed by atoms with Gasteiger partial charge in [0.1, 0.15) is 54.4 Å². The van der Waals surface area contributed by atoms with Gasteiger partial charge in [0.15, 0.2) is 22.9 Å². The van der Waals surface area contributed by atoms with E-state index in [-0.39, 0.29) is 44.1 Å². The molecule has 0 aliphatic carbocycles. The van der Waals surface area contributed by atoms with E-state index in [4.69, 9.17) is 56.0 Å². The van der Waals surface area contributed by atoms with Gasteiger partial charge in [-0.2, -0.15) is 0 Å². The normalized spacial score (nSPS) is 17.4. The van der Waals surface area contributed by atoms with Crippen molar-refractivity contribution >= 4 is 79.1 Å². The molecular formula is C42H52ClN11O13P2. The first-order valence-electron chi connectivity index (χ1n) is 21.0. The first-order chi connectivity index (χ1) is 33.0. The number of benzene rings is 2. The van der Waals surface area contributed by atoms with E-state index >= 15 is 0 Å². The number of anilines is 2. The standard InChI is InChI=1S/C21H29N6O5P.C17H19ClN5O4P.C4H4O4/c1-14(2)31-21(28)16(4)26-33(29,32-17-8-6-5-7-9-17)13-30-15(3)10-27-12-25-18-19(22)23-11-24-20(18)27;18-13-3-1-2-12(8-13)14-4-6-26-28(24,27-14)11-25-7-5-23-10-22-15-16(19)20-9-21-17(15)23;5-3-8-2-1-4(6)7/h5-9,11-12,14-16H,10,13H2,1-4H3,(H,26,29)(H2,22,23,24);1-3,8-10,14H,4-7,11H2,(H2,19,20,21);1-3H,(H,6,7)/b;;2-1+/t15-,16+,33+;14-,28?;/m10./s1. The number of carbonyl (C=O) groups is 3. The van der Waals surface area contributed by atoms with Gasteiger partial charge in [0.2, 0.25) is 0 Å². The van der Waals surface area contributed by atoms with E-state index in [1.807, 2.05) is 25.1 Å². The van der Waals surface area contributed by atoms with Gasteiger partial charge in [-0.25, -0.2) is 39.8 Å². The summed E-state index contributed by atoms with van der Waals surface area (Å²) in [6.07, 6.45) is 6.65. The molecule has 1 unspecified atom stereocenters. The molecule has 24 nitrogen and oxygen atoms in total. The number of nitrogens with two attached hydrogens (primary N) is 2. The highest BCUT2D eigenvalue weighted by atomic mass is 35.5. The Morgan fingerprint density at radius 2 is 1.64 bits per heavy atom. The lowest BCUT2D eigenvalue weighted by Crippen LogP contribution is -2.37. The lowest BCUT2D eigenvalue weighted by Gasteiger charge is -2.30. The molecule has 0 radical (unpaired) electrons. The van der Waals surface area contributed by atoms with Crippen molar-refractivity contribution in [2.75, 3.05) is 37.4 Å². The van der Waals surface area contributed by atoms with Crippen molar-refractivity contribution in [2.45, 2.75) is 71.6 Å². The summed E-state index contributed by atoms with van der Waals surface area (Å²) >= 11 is 6.03. The Kier molecular flexibility index (Phi) is 20.1. The predicted octanol–water partition coefficient (Wildman–Crippen LogP) is 6.14. The maximum Gasteiger partial charge on any atom is 0.356 e. The van der Waals surface area contributed by atoms with Crippen LogP contribution < -0.4 is 21.1 Å². The summed E-state index contributed by atoms with van der Waals surface area (Å²) < 4.78 is 67.5. The number of carboxylic acid groups (broad SMARTS) is 1. The third kappa shape index (κ3) is 16.7. The van der Waals surface area contributed by atoms with Gasteiger partial charge < -0.3 is 53.7 Å². The summed E-state index contributed by atoms with van der Waals surface area (Å²) in [7, 11) is -6.99. The molecule has 6 aromatic rings. The molecule has 5 atom stereocenters. The van der Waals surface area contributed by atoms with Gasteiger partial charge in [-0.05, 0) is 57.5 Å². The molecule has 0 bridgehead atoms. The fourth-order valence-corrected chi connectivity index (χ4v) is 9.65. The topological polar surface area (TPSA) is 321 Å². The number of hydrogen-bond donors (Lipinski definition) is 4. The van der Waals surface area contributed by atoms with E-state index in [1.54, 1.807) is 79.0 Å². The molecule has 5 heterocycles. The van der Waals surface area contributed by atoms with Gasteiger partial charge in [-0.15, -0.1) is 0 Å². The first kappa shape index (κ1) is 53.6. The minimum Gasteiger partial charge on any atom is -0.478 e. The first-order valence-corrected chi connectivity index (χ1v) is 24.9. The van der Waals surface area contributed by atoms with Crippen LogP contribution in [-0.4, -0.2) is 107 Å². The average Bonchev–Trinajstić information content (AvgIpc) is 3.93. The molecule has 7 rings (SSSR count). The highest BCUT2D eigenvalue weighted by Crippen LogP contribution is 2.56. The minimum atomic E-state index is -3.64. The fraction of sp³-hybridized carbons (Fsp3) is 0.357. The number of carbonyl (C=O) groups excluding carboxylic acids is 2. The van der Waals surface area contributed by atoms with Crippen LogP contribution in [-0.2, 0) is 64.6 Å². The van der Waals surface area contributed by atoms with E-state index in [9.17, 15) is 23.5 Å². The fourth-order valence-electron chi connectivity index (χ4n) is 6.12. The van der Waals surface area contributed by atoms with Crippen LogP contribution >= 0.6 is 26.7 Å². The lowest BCUT2D eigenvalue weighted by molar-refractivity contribution is -0.149. The lowest BCUT2D eigenvalue weighted by atomic mass is 10.1. The Bertz CT molecular complexity index is 2760. The van der Waals surface area contributed by atoms with Crippen LogP contribution in [0.4, 0.5) is 11.6 Å². The van der Waals surface area contributed by atoms with Gasteiger partial charge in [0.05, 0.1) is 56.8 Å². The van der Waals surface area contributed by atoms with Gasteiger partial charge in [-0.1, -0.05) is 41.9 Å². The van der Waals surface area contributed by atoms with Gasteiger partial charge >= 0.3 is 27.1 Å². The molecule has 2 aromatic carbocycles. The van der Waals surface area contributed by atoms with E-state index in [2.05, 4.69) is 39.7 Å². The number of aliphatic carboxylic acids is 1. The monoisotopic (exact) mass is 1020 g/mol. The molecule has 4 aromatic heterocycles. The maximum atomic E-state index is 13.6. The third-order valence-electron chi connectivity index (χ3n) is 9.18. The summed E-state index contributed by atoms with van der Waals surface area (Å²) in [6, 6.07) is 15.2. The third-order valence-corrected chi connectivity index (χ3v) is 12.8. The summed E-state index contributed by atoms with van der Waals surface area (Å²) in [6.45, 7) is 8.47. The zero-order valence-corrected chi connectivity index (χ0v) is 40.4.